The summed E-state index contributed by atoms with van der Waals surface area (Å²) >= 11 is 0. The highest BCUT2D eigenvalue weighted by Gasteiger charge is 2.17. The van der Waals surface area contributed by atoms with Crippen LogP contribution in [0.1, 0.15) is 40.8 Å². The molecule has 0 spiro atoms. The molecule has 0 aliphatic rings. The van der Waals surface area contributed by atoms with Crippen molar-refractivity contribution in [2.45, 2.75) is 45.6 Å². The topological polar surface area (TPSA) is 84.5 Å². The first-order valence-electron chi connectivity index (χ1n) is 10.8. The number of aryl methyl sites for hydroxylation is 4. The fourth-order valence-corrected chi connectivity index (χ4v) is 4.78. The molecule has 3 aromatic rings. The molecule has 180 valence electrons. The fourth-order valence-electron chi connectivity index (χ4n) is 3.64. The minimum absolute atomic E-state index is 0.0324. The Bertz CT molecular complexity index is 1310. The summed E-state index contributed by atoms with van der Waals surface area (Å²) in [5, 5.41) is 2.94. The number of hydrogen-bond donors (Lipinski definition) is 2. The molecule has 34 heavy (non-hydrogen) atoms. The van der Waals surface area contributed by atoms with Crippen molar-refractivity contribution in [1.29, 1.82) is 0 Å². The first-order chi connectivity index (χ1) is 16.0. The zero-order valence-corrected chi connectivity index (χ0v) is 20.7. The molecular formula is C26H29FN2O4S. The Morgan fingerprint density at radius 2 is 1.56 bits per heavy atom. The Morgan fingerprint density at radius 3 is 2.21 bits per heavy atom. The van der Waals surface area contributed by atoms with Crippen LogP contribution < -0.4 is 14.8 Å². The van der Waals surface area contributed by atoms with Gasteiger partial charge < -0.3 is 10.1 Å². The summed E-state index contributed by atoms with van der Waals surface area (Å²) in [5.41, 5.74) is 5.35. The zero-order valence-electron chi connectivity index (χ0n) is 19.9. The minimum atomic E-state index is -3.86. The molecule has 0 aromatic heterocycles. The van der Waals surface area contributed by atoms with Crippen LogP contribution in [0.15, 0.2) is 59.5 Å². The lowest BCUT2D eigenvalue weighted by Gasteiger charge is -2.19. The van der Waals surface area contributed by atoms with E-state index in [4.69, 9.17) is 4.74 Å². The van der Waals surface area contributed by atoms with E-state index in [1.807, 2.05) is 20.8 Å². The molecule has 3 aromatic carbocycles. The third-order valence-electron chi connectivity index (χ3n) is 5.64. The molecule has 0 saturated carbocycles. The SMILES string of the molecule is Cc1cc(C)c(C(C)NC(=O)COc2ccc(S(=O)(=O)Nc3ccc(F)cc3)cc2C)cc1C. The number of halogens is 1. The van der Waals surface area contributed by atoms with Crippen molar-refractivity contribution < 1.29 is 22.3 Å². The number of sulfonamides is 1. The van der Waals surface area contributed by atoms with Gasteiger partial charge in [-0.25, -0.2) is 12.8 Å². The Kier molecular flexibility index (Phi) is 7.61. The average molecular weight is 485 g/mol. The number of carbonyl (C=O) groups is 1. The van der Waals surface area contributed by atoms with E-state index in [1.54, 1.807) is 6.92 Å². The summed E-state index contributed by atoms with van der Waals surface area (Å²) in [6.45, 7) is 9.54. The Hall–Kier alpha value is -3.39. The average Bonchev–Trinajstić information content (AvgIpc) is 2.76. The molecule has 2 N–H and O–H groups in total. The Morgan fingerprint density at radius 1 is 0.912 bits per heavy atom. The van der Waals surface area contributed by atoms with E-state index in [1.165, 1.54) is 48.0 Å². The third kappa shape index (κ3) is 6.14. The molecule has 0 heterocycles. The van der Waals surface area contributed by atoms with Crippen molar-refractivity contribution in [3.63, 3.8) is 0 Å². The van der Waals surface area contributed by atoms with E-state index in [-0.39, 0.29) is 29.1 Å². The Labute approximate surface area is 200 Å². The lowest BCUT2D eigenvalue weighted by Crippen LogP contribution is -2.31. The van der Waals surface area contributed by atoms with Gasteiger partial charge in [0.2, 0.25) is 0 Å². The van der Waals surface area contributed by atoms with Gasteiger partial charge in [-0.3, -0.25) is 9.52 Å². The molecule has 0 bridgehead atoms. The van der Waals surface area contributed by atoms with Crippen LogP contribution in [0.4, 0.5) is 10.1 Å². The number of nitrogens with one attached hydrogen (secondary N) is 2. The highest BCUT2D eigenvalue weighted by Crippen LogP contribution is 2.24. The van der Waals surface area contributed by atoms with Crippen LogP contribution in [-0.4, -0.2) is 20.9 Å². The number of ether oxygens (including phenoxy) is 1. The van der Waals surface area contributed by atoms with Crippen LogP contribution >= 0.6 is 0 Å². The van der Waals surface area contributed by atoms with Gasteiger partial charge in [-0.15, -0.1) is 0 Å². The minimum Gasteiger partial charge on any atom is -0.484 e. The van der Waals surface area contributed by atoms with Crippen LogP contribution in [0.5, 0.6) is 5.75 Å². The maximum absolute atomic E-state index is 13.1. The normalized spacial score (nSPS) is 12.2. The van der Waals surface area contributed by atoms with Gasteiger partial charge in [0.05, 0.1) is 10.9 Å². The van der Waals surface area contributed by atoms with Gasteiger partial charge in [0, 0.05) is 5.69 Å². The molecule has 1 unspecified atom stereocenters. The van der Waals surface area contributed by atoms with Gasteiger partial charge in [-0.1, -0.05) is 12.1 Å². The van der Waals surface area contributed by atoms with Crippen molar-refractivity contribution in [3.05, 3.63) is 88.2 Å². The predicted octanol–water partition coefficient (Wildman–Crippen LogP) is 5.12. The molecule has 8 heteroatoms. The summed E-state index contributed by atoms with van der Waals surface area (Å²) in [5.74, 6) is -0.326. The molecule has 6 nitrogen and oxygen atoms in total. The van der Waals surface area contributed by atoms with E-state index in [9.17, 15) is 17.6 Å². The smallest absolute Gasteiger partial charge is 0.261 e. The second-order valence-electron chi connectivity index (χ2n) is 8.41. The first kappa shape index (κ1) is 25.2. The highest BCUT2D eigenvalue weighted by molar-refractivity contribution is 7.92. The van der Waals surface area contributed by atoms with Crippen molar-refractivity contribution in [2.75, 3.05) is 11.3 Å². The maximum atomic E-state index is 13.1. The van der Waals surface area contributed by atoms with E-state index in [0.717, 1.165) is 16.7 Å². The monoisotopic (exact) mass is 484 g/mol. The number of benzene rings is 3. The van der Waals surface area contributed by atoms with Crippen molar-refractivity contribution in [3.8, 4) is 5.75 Å². The lowest BCUT2D eigenvalue weighted by molar-refractivity contribution is -0.123. The first-order valence-corrected chi connectivity index (χ1v) is 12.3. The van der Waals surface area contributed by atoms with Crippen molar-refractivity contribution in [2.24, 2.45) is 0 Å². The predicted molar refractivity (Wildman–Crippen MR) is 131 cm³/mol. The standard InChI is InChI=1S/C26H29FN2O4S/c1-16-12-18(3)24(14-17(16)2)20(5)28-26(30)15-33-25-11-10-23(13-19(25)4)34(31,32)29-22-8-6-21(27)7-9-22/h6-14,20,29H,15H2,1-5H3,(H,28,30). The van der Waals surface area contributed by atoms with E-state index >= 15 is 0 Å². The summed E-state index contributed by atoms with van der Waals surface area (Å²) < 4.78 is 46.4. The molecule has 0 aliphatic heterocycles. The maximum Gasteiger partial charge on any atom is 0.261 e. The summed E-state index contributed by atoms with van der Waals surface area (Å²) in [6.07, 6.45) is 0. The molecule has 0 fully saturated rings. The molecule has 0 aliphatic carbocycles. The zero-order chi connectivity index (χ0) is 25.0. The molecule has 1 atom stereocenters. The molecule has 3 rings (SSSR count). The van der Waals surface area contributed by atoms with Crippen LogP contribution in [0, 0.1) is 33.5 Å². The fraction of sp³-hybridized carbons (Fsp3) is 0.269. The van der Waals surface area contributed by atoms with Gasteiger partial charge in [0.1, 0.15) is 11.6 Å². The highest BCUT2D eigenvalue weighted by atomic mass is 32.2. The van der Waals surface area contributed by atoms with Crippen LogP contribution in [0.3, 0.4) is 0 Å². The number of carbonyl (C=O) groups excluding carboxylic acids is 1. The van der Waals surface area contributed by atoms with E-state index < -0.39 is 15.8 Å². The second kappa shape index (κ2) is 10.3. The third-order valence-corrected chi connectivity index (χ3v) is 7.02. The van der Waals surface area contributed by atoms with Crippen molar-refractivity contribution >= 4 is 21.6 Å². The van der Waals surface area contributed by atoms with Gasteiger partial charge in [0.15, 0.2) is 6.61 Å². The van der Waals surface area contributed by atoms with Crippen LogP contribution in [0.25, 0.3) is 0 Å². The van der Waals surface area contributed by atoms with Crippen molar-refractivity contribution in [1.82, 2.24) is 5.32 Å². The molecular weight excluding hydrogens is 455 g/mol. The summed E-state index contributed by atoms with van der Waals surface area (Å²) in [7, 11) is -3.86. The van der Waals surface area contributed by atoms with E-state index in [2.05, 4.69) is 29.1 Å². The number of amides is 1. The van der Waals surface area contributed by atoms with Gasteiger partial charge in [-0.05, 0) is 105 Å². The summed E-state index contributed by atoms with van der Waals surface area (Å²) in [6, 6.07) is 13.4. The second-order valence-corrected chi connectivity index (χ2v) is 10.1. The van der Waals surface area contributed by atoms with Crippen LogP contribution in [0.2, 0.25) is 0 Å². The summed E-state index contributed by atoms with van der Waals surface area (Å²) in [4.78, 5) is 12.5. The largest absolute Gasteiger partial charge is 0.484 e. The van der Waals surface area contributed by atoms with Gasteiger partial charge in [0.25, 0.3) is 15.9 Å². The van der Waals surface area contributed by atoms with Gasteiger partial charge in [-0.2, -0.15) is 0 Å². The molecule has 0 radical (unpaired) electrons. The Balaban J connectivity index is 1.62. The number of hydrogen-bond acceptors (Lipinski definition) is 4. The van der Waals surface area contributed by atoms with Crippen LogP contribution in [-0.2, 0) is 14.8 Å². The quantitative estimate of drug-likeness (QED) is 0.465. The lowest BCUT2D eigenvalue weighted by atomic mass is 9.96. The molecule has 0 saturated heterocycles. The number of anilines is 1. The number of rotatable bonds is 8. The molecule has 1 amide bonds. The van der Waals surface area contributed by atoms with E-state index in [0.29, 0.717) is 11.3 Å². The van der Waals surface area contributed by atoms with Gasteiger partial charge >= 0.3 is 0 Å².